The Kier molecular flexibility index (Phi) is 3.33. The van der Waals surface area contributed by atoms with Gasteiger partial charge in [0.2, 0.25) is 5.91 Å². The zero-order valence-corrected chi connectivity index (χ0v) is 10.5. The normalized spacial score (nSPS) is 18.5. The molecule has 1 amide bonds. The lowest BCUT2D eigenvalue weighted by Gasteiger charge is -2.33. The van der Waals surface area contributed by atoms with Gasteiger partial charge < -0.3 is 15.0 Å². The summed E-state index contributed by atoms with van der Waals surface area (Å²) in [5.41, 5.74) is 2.01. The Bertz CT molecular complexity index is 431. The molecule has 0 unspecified atom stereocenters. The lowest BCUT2D eigenvalue weighted by molar-refractivity contribution is -0.118. The Morgan fingerprint density at radius 3 is 3.06 bits per heavy atom. The van der Waals surface area contributed by atoms with Gasteiger partial charge in [0, 0.05) is 0 Å². The number of aryl methyl sites for hydroxylation is 1. The van der Waals surface area contributed by atoms with E-state index in [0.29, 0.717) is 13.1 Å². The number of carbonyl (C=O) groups is 1. The highest BCUT2D eigenvalue weighted by Gasteiger charge is 2.26. The molecule has 92 valence electrons. The minimum atomic E-state index is 0.0325. The fourth-order valence-corrected chi connectivity index (χ4v) is 2.03. The number of hydrogen-bond acceptors (Lipinski definition) is 3. The number of rotatable bonds is 2. The molecule has 1 heterocycles. The number of likely N-dealkylation sites (N-methyl/N-ethyl adjacent to an activating group) is 1. The summed E-state index contributed by atoms with van der Waals surface area (Å²) in [6, 6.07) is 5.92. The molecule has 1 aromatic carbocycles. The molecule has 17 heavy (non-hydrogen) atoms. The Balaban J connectivity index is 2.34. The number of carbonyl (C=O) groups excluding carboxylic acids is 1. The lowest BCUT2D eigenvalue weighted by Crippen LogP contribution is -2.45. The number of nitrogens with zero attached hydrogens (tertiary/aromatic N) is 1. The topological polar surface area (TPSA) is 41.6 Å². The molecule has 0 radical (unpaired) electrons. The van der Waals surface area contributed by atoms with E-state index >= 15 is 0 Å². The van der Waals surface area contributed by atoms with Crippen molar-refractivity contribution in [1.82, 2.24) is 5.32 Å². The van der Waals surface area contributed by atoms with Crippen molar-refractivity contribution >= 4 is 11.6 Å². The van der Waals surface area contributed by atoms with E-state index in [1.807, 2.05) is 32.0 Å². The van der Waals surface area contributed by atoms with Crippen LogP contribution in [-0.4, -0.2) is 32.1 Å². The average molecular weight is 234 g/mol. The minimum absolute atomic E-state index is 0.0325. The molecule has 1 aliphatic heterocycles. The maximum absolute atomic E-state index is 12.0. The van der Waals surface area contributed by atoms with Crippen LogP contribution in [0.1, 0.15) is 12.5 Å². The highest BCUT2D eigenvalue weighted by atomic mass is 16.5. The van der Waals surface area contributed by atoms with E-state index < -0.39 is 0 Å². The van der Waals surface area contributed by atoms with E-state index in [1.165, 1.54) is 0 Å². The van der Waals surface area contributed by atoms with E-state index in [4.69, 9.17) is 4.74 Å². The van der Waals surface area contributed by atoms with Gasteiger partial charge in [0.15, 0.2) is 0 Å². The van der Waals surface area contributed by atoms with Crippen molar-refractivity contribution in [3.05, 3.63) is 23.8 Å². The fraction of sp³-hybridized carbons (Fsp3) is 0.462. The van der Waals surface area contributed by atoms with Crippen molar-refractivity contribution in [1.29, 1.82) is 0 Å². The Hall–Kier alpha value is -1.55. The average Bonchev–Trinajstić information content (AvgIpc) is 2.27. The van der Waals surface area contributed by atoms with Crippen LogP contribution < -0.4 is 15.0 Å². The molecule has 1 aliphatic rings. The molecule has 4 heteroatoms. The van der Waals surface area contributed by atoms with Gasteiger partial charge >= 0.3 is 0 Å². The number of ether oxygens (including phenoxy) is 1. The van der Waals surface area contributed by atoms with Crippen molar-refractivity contribution in [3.63, 3.8) is 0 Å². The van der Waals surface area contributed by atoms with Gasteiger partial charge in [-0.2, -0.15) is 0 Å². The van der Waals surface area contributed by atoms with Gasteiger partial charge in [-0.05, 0) is 38.6 Å². The SMILES string of the molecule is CNCC(=O)N1C[C@@H](C)Oc2cc(C)ccc21. The second-order valence-electron chi connectivity index (χ2n) is 4.43. The van der Waals surface area contributed by atoms with Crippen molar-refractivity contribution < 1.29 is 9.53 Å². The maximum Gasteiger partial charge on any atom is 0.241 e. The van der Waals surface area contributed by atoms with E-state index in [0.717, 1.165) is 17.0 Å². The summed E-state index contributed by atoms with van der Waals surface area (Å²) >= 11 is 0. The van der Waals surface area contributed by atoms with Crippen molar-refractivity contribution in [2.75, 3.05) is 25.0 Å². The van der Waals surface area contributed by atoms with Crippen LogP contribution in [0.25, 0.3) is 0 Å². The molecule has 0 aromatic heterocycles. The largest absolute Gasteiger partial charge is 0.487 e. The summed E-state index contributed by atoms with van der Waals surface area (Å²) in [7, 11) is 1.78. The molecule has 4 nitrogen and oxygen atoms in total. The standard InChI is InChI=1S/C13H18N2O2/c1-9-4-5-11-12(6-9)17-10(2)8-15(11)13(16)7-14-3/h4-6,10,14H,7-8H2,1-3H3/t10-/m1/s1. The molecule has 0 fully saturated rings. The van der Waals surface area contributed by atoms with Crippen LogP contribution in [0.2, 0.25) is 0 Å². The highest BCUT2D eigenvalue weighted by Crippen LogP contribution is 2.34. The number of amides is 1. The van der Waals surface area contributed by atoms with Crippen LogP contribution in [-0.2, 0) is 4.79 Å². The Labute approximate surface area is 102 Å². The van der Waals surface area contributed by atoms with E-state index in [2.05, 4.69) is 5.32 Å². The Morgan fingerprint density at radius 1 is 1.59 bits per heavy atom. The smallest absolute Gasteiger partial charge is 0.241 e. The molecular formula is C13H18N2O2. The lowest BCUT2D eigenvalue weighted by atomic mass is 10.1. The summed E-state index contributed by atoms with van der Waals surface area (Å²) in [5.74, 6) is 0.876. The number of anilines is 1. The molecule has 1 aromatic rings. The molecule has 0 aliphatic carbocycles. The van der Waals surface area contributed by atoms with Gasteiger partial charge in [-0.3, -0.25) is 4.79 Å². The zero-order valence-electron chi connectivity index (χ0n) is 10.5. The van der Waals surface area contributed by atoms with Crippen LogP contribution in [0.15, 0.2) is 18.2 Å². The zero-order chi connectivity index (χ0) is 12.4. The van der Waals surface area contributed by atoms with Gasteiger partial charge in [-0.1, -0.05) is 6.07 Å². The summed E-state index contributed by atoms with van der Waals surface area (Å²) in [6.07, 6.45) is 0.0325. The third-order valence-corrected chi connectivity index (χ3v) is 2.80. The van der Waals surface area contributed by atoms with E-state index in [1.54, 1.807) is 11.9 Å². The first-order valence-corrected chi connectivity index (χ1v) is 5.84. The van der Waals surface area contributed by atoms with Gasteiger partial charge in [-0.15, -0.1) is 0 Å². The predicted molar refractivity (Wildman–Crippen MR) is 67.5 cm³/mol. The summed E-state index contributed by atoms with van der Waals surface area (Å²) in [4.78, 5) is 13.8. The van der Waals surface area contributed by atoms with Crippen LogP contribution in [0.3, 0.4) is 0 Å². The van der Waals surface area contributed by atoms with Gasteiger partial charge in [-0.25, -0.2) is 0 Å². The quantitative estimate of drug-likeness (QED) is 0.839. The monoisotopic (exact) mass is 234 g/mol. The third-order valence-electron chi connectivity index (χ3n) is 2.80. The number of nitrogens with one attached hydrogen (secondary N) is 1. The van der Waals surface area contributed by atoms with Crippen LogP contribution >= 0.6 is 0 Å². The molecule has 1 N–H and O–H groups in total. The fourth-order valence-electron chi connectivity index (χ4n) is 2.03. The first-order chi connectivity index (χ1) is 8.11. The van der Waals surface area contributed by atoms with E-state index in [-0.39, 0.29) is 12.0 Å². The van der Waals surface area contributed by atoms with Crippen LogP contribution in [0.5, 0.6) is 5.75 Å². The van der Waals surface area contributed by atoms with Gasteiger partial charge in [0.1, 0.15) is 11.9 Å². The minimum Gasteiger partial charge on any atom is -0.487 e. The van der Waals surface area contributed by atoms with Crippen molar-refractivity contribution in [3.8, 4) is 5.75 Å². The molecule has 0 saturated carbocycles. The van der Waals surface area contributed by atoms with Crippen LogP contribution in [0.4, 0.5) is 5.69 Å². The second kappa shape index (κ2) is 4.75. The number of fused-ring (bicyclic) bond motifs is 1. The van der Waals surface area contributed by atoms with Crippen LogP contribution in [0, 0.1) is 6.92 Å². The highest BCUT2D eigenvalue weighted by molar-refractivity contribution is 5.96. The first kappa shape index (κ1) is 11.9. The summed E-state index contributed by atoms with van der Waals surface area (Å²) < 4.78 is 5.76. The predicted octanol–water partition coefficient (Wildman–Crippen LogP) is 1.33. The molecule has 2 rings (SSSR count). The number of benzene rings is 1. The molecule has 0 bridgehead atoms. The Morgan fingerprint density at radius 2 is 2.35 bits per heavy atom. The maximum atomic E-state index is 12.0. The van der Waals surface area contributed by atoms with Crippen molar-refractivity contribution in [2.45, 2.75) is 20.0 Å². The molecule has 0 saturated heterocycles. The third kappa shape index (κ3) is 2.42. The molecule has 0 spiro atoms. The van der Waals surface area contributed by atoms with E-state index in [9.17, 15) is 4.79 Å². The summed E-state index contributed by atoms with van der Waals surface area (Å²) in [5, 5.41) is 2.89. The van der Waals surface area contributed by atoms with Gasteiger partial charge in [0.05, 0.1) is 18.8 Å². The van der Waals surface area contributed by atoms with Crippen molar-refractivity contribution in [2.24, 2.45) is 0 Å². The van der Waals surface area contributed by atoms with Gasteiger partial charge in [0.25, 0.3) is 0 Å². The first-order valence-electron chi connectivity index (χ1n) is 5.84. The molecule has 1 atom stereocenters. The molecular weight excluding hydrogens is 216 g/mol. The second-order valence-corrected chi connectivity index (χ2v) is 4.43. The number of hydrogen-bond donors (Lipinski definition) is 1. The summed E-state index contributed by atoms with van der Waals surface area (Å²) in [6.45, 7) is 4.95.